The zero-order valence-corrected chi connectivity index (χ0v) is 8.13. The van der Waals surface area contributed by atoms with Gasteiger partial charge in [-0.2, -0.15) is 13.2 Å². The van der Waals surface area contributed by atoms with E-state index in [0.29, 0.717) is 6.54 Å². The number of halogens is 3. The largest absolute Gasteiger partial charge is 0.497 e. The Morgan fingerprint density at radius 1 is 1.53 bits per heavy atom. The molecule has 3 nitrogen and oxygen atoms in total. The maximum absolute atomic E-state index is 11.9. The minimum atomic E-state index is -4.56. The van der Waals surface area contributed by atoms with Crippen molar-refractivity contribution in [1.29, 1.82) is 0 Å². The van der Waals surface area contributed by atoms with Gasteiger partial charge in [0.2, 0.25) is 0 Å². The Balaban J connectivity index is 2.13. The van der Waals surface area contributed by atoms with Crippen LogP contribution in [0.1, 0.15) is 12.8 Å². The van der Waals surface area contributed by atoms with Crippen molar-refractivity contribution in [3.05, 3.63) is 12.3 Å². The first kappa shape index (κ1) is 12.3. The molecule has 1 rings (SSSR count). The van der Waals surface area contributed by atoms with Crippen LogP contribution in [0.2, 0.25) is 0 Å². The van der Waals surface area contributed by atoms with Crippen LogP contribution in [0.5, 0.6) is 0 Å². The molecule has 2 N–H and O–H groups in total. The number of hydrogen-bond acceptors (Lipinski definition) is 3. The summed E-state index contributed by atoms with van der Waals surface area (Å²) in [5.74, 6) is 0. The molecule has 88 valence electrons. The third-order valence-electron chi connectivity index (χ3n) is 2.11. The lowest BCUT2D eigenvalue weighted by atomic mass is 10.1. The summed E-state index contributed by atoms with van der Waals surface area (Å²) in [7, 11) is 0. The van der Waals surface area contributed by atoms with Crippen LogP contribution in [0.4, 0.5) is 13.2 Å². The van der Waals surface area contributed by atoms with E-state index in [1.54, 1.807) is 6.26 Å². The minimum Gasteiger partial charge on any atom is -0.497 e. The van der Waals surface area contributed by atoms with Crippen molar-refractivity contribution in [2.45, 2.75) is 31.2 Å². The number of aliphatic hydroxyl groups excluding tert-OH is 1. The summed E-state index contributed by atoms with van der Waals surface area (Å²) in [6.07, 6.45) is -1.90. The molecule has 6 heteroatoms. The van der Waals surface area contributed by atoms with Gasteiger partial charge in [0.15, 0.2) is 6.10 Å². The first-order valence-electron chi connectivity index (χ1n) is 4.76. The summed E-state index contributed by atoms with van der Waals surface area (Å²) in [5, 5.41) is 11.2. The van der Waals surface area contributed by atoms with Crippen LogP contribution < -0.4 is 5.32 Å². The molecular formula is C9H14F3NO2. The molecule has 1 aliphatic rings. The standard InChI is InChI=1S/C9H14F3NO2/c10-9(11,12)8(14)6-13-5-7-3-1-2-4-15-7/h2,4,7-8,13-14H,1,3,5-6H2. The van der Waals surface area contributed by atoms with E-state index >= 15 is 0 Å². The Morgan fingerprint density at radius 3 is 2.80 bits per heavy atom. The average Bonchev–Trinajstić information content (AvgIpc) is 2.18. The van der Waals surface area contributed by atoms with Gasteiger partial charge in [-0.1, -0.05) is 0 Å². The normalized spacial score (nSPS) is 23.6. The second kappa shape index (κ2) is 5.37. The zero-order valence-electron chi connectivity index (χ0n) is 8.13. The van der Waals surface area contributed by atoms with Crippen LogP contribution >= 0.6 is 0 Å². The van der Waals surface area contributed by atoms with Crippen LogP contribution in [-0.2, 0) is 4.74 Å². The monoisotopic (exact) mass is 225 g/mol. The van der Waals surface area contributed by atoms with Gasteiger partial charge in [-0.05, 0) is 18.9 Å². The quantitative estimate of drug-likeness (QED) is 0.755. The minimum absolute atomic E-state index is 0.101. The molecule has 1 aliphatic heterocycles. The van der Waals surface area contributed by atoms with Gasteiger partial charge < -0.3 is 15.2 Å². The fraction of sp³-hybridized carbons (Fsp3) is 0.778. The van der Waals surface area contributed by atoms with Crippen molar-refractivity contribution in [1.82, 2.24) is 5.32 Å². The fourth-order valence-corrected chi connectivity index (χ4v) is 1.23. The first-order chi connectivity index (χ1) is 7.00. The molecular weight excluding hydrogens is 211 g/mol. The van der Waals surface area contributed by atoms with E-state index in [-0.39, 0.29) is 6.10 Å². The number of hydrogen-bond donors (Lipinski definition) is 2. The SMILES string of the molecule is OC(CNCC1CCC=CO1)C(F)(F)F. The molecule has 0 saturated heterocycles. The highest BCUT2D eigenvalue weighted by Crippen LogP contribution is 2.19. The molecule has 0 saturated carbocycles. The van der Waals surface area contributed by atoms with E-state index in [1.165, 1.54) is 0 Å². The second-order valence-corrected chi connectivity index (χ2v) is 3.42. The molecule has 1 heterocycles. The highest BCUT2D eigenvalue weighted by molar-refractivity contribution is 4.83. The Morgan fingerprint density at radius 2 is 2.27 bits per heavy atom. The van der Waals surface area contributed by atoms with Crippen molar-refractivity contribution < 1.29 is 23.0 Å². The van der Waals surface area contributed by atoms with Gasteiger partial charge in [0.1, 0.15) is 6.10 Å². The first-order valence-corrected chi connectivity index (χ1v) is 4.76. The Kier molecular flexibility index (Phi) is 4.41. The maximum atomic E-state index is 11.9. The van der Waals surface area contributed by atoms with Crippen molar-refractivity contribution in [3.8, 4) is 0 Å². The topological polar surface area (TPSA) is 41.5 Å². The van der Waals surface area contributed by atoms with Crippen molar-refractivity contribution >= 4 is 0 Å². The van der Waals surface area contributed by atoms with Gasteiger partial charge in [-0.15, -0.1) is 0 Å². The predicted molar refractivity (Wildman–Crippen MR) is 48.2 cm³/mol. The van der Waals surface area contributed by atoms with Gasteiger partial charge in [0.25, 0.3) is 0 Å². The van der Waals surface area contributed by atoms with E-state index in [2.05, 4.69) is 5.32 Å². The molecule has 0 spiro atoms. The molecule has 0 fully saturated rings. The van der Waals surface area contributed by atoms with Gasteiger partial charge in [-0.3, -0.25) is 0 Å². The van der Waals surface area contributed by atoms with Crippen LogP contribution in [0, 0.1) is 0 Å². The van der Waals surface area contributed by atoms with Crippen molar-refractivity contribution in [3.63, 3.8) is 0 Å². The third kappa shape index (κ3) is 4.53. The highest BCUT2D eigenvalue weighted by Gasteiger charge is 2.37. The average molecular weight is 225 g/mol. The van der Waals surface area contributed by atoms with Gasteiger partial charge in [-0.25, -0.2) is 0 Å². The number of allylic oxidation sites excluding steroid dienone is 1. The van der Waals surface area contributed by atoms with Crippen LogP contribution in [0.15, 0.2) is 12.3 Å². The lowest BCUT2D eigenvalue weighted by molar-refractivity contribution is -0.202. The Bertz CT molecular complexity index is 218. The molecule has 0 bridgehead atoms. The Hall–Kier alpha value is -0.750. The van der Waals surface area contributed by atoms with E-state index in [9.17, 15) is 13.2 Å². The second-order valence-electron chi connectivity index (χ2n) is 3.42. The number of ether oxygens (including phenoxy) is 1. The summed E-state index contributed by atoms with van der Waals surface area (Å²) in [6, 6.07) is 0. The van der Waals surface area contributed by atoms with Crippen LogP contribution in [0.3, 0.4) is 0 Å². The van der Waals surface area contributed by atoms with E-state index < -0.39 is 18.8 Å². The van der Waals surface area contributed by atoms with Gasteiger partial charge >= 0.3 is 6.18 Å². The number of aliphatic hydroxyl groups is 1. The van der Waals surface area contributed by atoms with E-state index in [4.69, 9.17) is 9.84 Å². The van der Waals surface area contributed by atoms with Crippen molar-refractivity contribution in [2.75, 3.05) is 13.1 Å². The molecule has 0 radical (unpaired) electrons. The van der Waals surface area contributed by atoms with Crippen LogP contribution in [-0.4, -0.2) is 36.6 Å². The number of rotatable bonds is 4. The molecule has 0 amide bonds. The molecule has 0 aliphatic carbocycles. The third-order valence-corrected chi connectivity index (χ3v) is 2.11. The summed E-state index contributed by atoms with van der Waals surface area (Å²) >= 11 is 0. The Labute approximate surface area is 85.9 Å². The van der Waals surface area contributed by atoms with Gasteiger partial charge in [0, 0.05) is 13.1 Å². The summed E-state index contributed by atoms with van der Waals surface area (Å²) in [5.41, 5.74) is 0. The highest BCUT2D eigenvalue weighted by atomic mass is 19.4. The van der Waals surface area contributed by atoms with E-state index in [0.717, 1.165) is 12.8 Å². The van der Waals surface area contributed by atoms with Crippen LogP contribution in [0.25, 0.3) is 0 Å². The molecule has 2 unspecified atom stereocenters. The fourth-order valence-electron chi connectivity index (χ4n) is 1.23. The lowest BCUT2D eigenvalue weighted by Gasteiger charge is -2.21. The van der Waals surface area contributed by atoms with Crippen molar-refractivity contribution in [2.24, 2.45) is 0 Å². The summed E-state index contributed by atoms with van der Waals surface area (Å²) < 4.78 is 40.8. The van der Waals surface area contributed by atoms with Gasteiger partial charge in [0.05, 0.1) is 6.26 Å². The molecule has 0 aromatic carbocycles. The summed E-state index contributed by atoms with van der Waals surface area (Å²) in [6.45, 7) is -0.176. The smallest absolute Gasteiger partial charge is 0.415 e. The zero-order chi connectivity index (χ0) is 11.3. The van der Waals surface area contributed by atoms with E-state index in [1.807, 2.05) is 6.08 Å². The molecule has 2 atom stereocenters. The number of nitrogens with one attached hydrogen (secondary N) is 1. The number of alkyl halides is 3. The summed E-state index contributed by atoms with van der Waals surface area (Å²) in [4.78, 5) is 0. The molecule has 0 aromatic heterocycles. The molecule has 15 heavy (non-hydrogen) atoms. The molecule has 0 aromatic rings. The maximum Gasteiger partial charge on any atom is 0.415 e. The lowest BCUT2D eigenvalue weighted by Crippen LogP contribution is -2.41. The predicted octanol–water partition coefficient (Wildman–Crippen LogP) is 1.19.